The molecule has 0 amide bonds. The largest absolute Gasteiger partial charge is 0.0625 e. The van der Waals surface area contributed by atoms with Crippen LogP contribution in [0.5, 0.6) is 0 Å². The Hall–Kier alpha value is 0. The van der Waals surface area contributed by atoms with E-state index in [1.54, 1.807) is 0 Å². The number of hydrogen-bond acceptors (Lipinski definition) is 0. The van der Waals surface area contributed by atoms with Gasteiger partial charge in [-0.15, -0.1) is 0 Å². The van der Waals surface area contributed by atoms with E-state index in [4.69, 9.17) is 0 Å². The lowest BCUT2D eigenvalue weighted by Gasteiger charge is -2.40. The molecule has 88 valence electrons. The van der Waals surface area contributed by atoms with Gasteiger partial charge in [0.2, 0.25) is 0 Å². The maximum Gasteiger partial charge on any atom is -0.0386 e. The van der Waals surface area contributed by atoms with E-state index in [1.807, 2.05) is 0 Å². The summed E-state index contributed by atoms with van der Waals surface area (Å²) < 4.78 is 0. The summed E-state index contributed by atoms with van der Waals surface area (Å²) in [5, 5.41) is 0. The second kappa shape index (κ2) is 4.89. The first-order valence-corrected chi connectivity index (χ1v) is 7.16. The average Bonchev–Trinajstić information content (AvgIpc) is 2.20. The Balaban J connectivity index is 2.02. The van der Waals surface area contributed by atoms with Crippen molar-refractivity contribution < 1.29 is 0 Å². The van der Waals surface area contributed by atoms with E-state index < -0.39 is 0 Å². The molecule has 0 nitrogen and oxygen atoms in total. The van der Waals surface area contributed by atoms with Crippen molar-refractivity contribution in [1.29, 1.82) is 0 Å². The van der Waals surface area contributed by atoms with E-state index in [0.717, 1.165) is 29.6 Å². The van der Waals surface area contributed by atoms with Gasteiger partial charge in [0.15, 0.2) is 0 Å². The molecule has 3 rings (SSSR count). The summed E-state index contributed by atoms with van der Waals surface area (Å²) >= 11 is 0. The van der Waals surface area contributed by atoms with Gasteiger partial charge in [0.25, 0.3) is 0 Å². The van der Waals surface area contributed by atoms with Gasteiger partial charge in [0.05, 0.1) is 0 Å². The standard InChI is InChI=1S/C15H28/c1-11-5-4-6-14-9-13(3)15(8-7-11)10-12(14)2/h11-15H,4-10H2,1-3H3. The highest BCUT2D eigenvalue weighted by Gasteiger charge is 2.32. The summed E-state index contributed by atoms with van der Waals surface area (Å²) in [6.45, 7) is 7.48. The molecule has 0 radical (unpaired) electrons. The van der Waals surface area contributed by atoms with Gasteiger partial charge in [-0.1, -0.05) is 46.5 Å². The zero-order valence-corrected chi connectivity index (χ0v) is 10.8. The van der Waals surface area contributed by atoms with Gasteiger partial charge in [0, 0.05) is 0 Å². The van der Waals surface area contributed by atoms with Gasteiger partial charge in [-0.2, -0.15) is 0 Å². The van der Waals surface area contributed by atoms with E-state index in [-0.39, 0.29) is 0 Å². The van der Waals surface area contributed by atoms with Crippen LogP contribution in [0.1, 0.15) is 65.7 Å². The summed E-state index contributed by atoms with van der Waals surface area (Å²) in [6, 6.07) is 0. The highest BCUT2D eigenvalue weighted by atomic mass is 14.4. The number of hydrogen-bond donors (Lipinski definition) is 0. The average molecular weight is 208 g/mol. The second-order valence-corrected chi connectivity index (χ2v) is 6.56. The molecule has 2 bridgehead atoms. The molecule has 0 aromatic heterocycles. The Morgan fingerprint density at radius 2 is 1.27 bits per heavy atom. The lowest BCUT2D eigenvalue weighted by Crippen LogP contribution is -2.30. The highest BCUT2D eigenvalue weighted by molar-refractivity contribution is 4.83. The Morgan fingerprint density at radius 1 is 0.667 bits per heavy atom. The Bertz CT molecular complexity index is 196. The molecule has 5 atom stereocenters. The second-order valence-electron chi connectivity index (χ2n) is 6.56. The molecule has 3 saturated carbocycles. The van der Waals surface area contributed by atoms with Crippen LogP contribution in [0.25, 0.3) is 0 Å². The fourth-order valence-electron chi connectivity index (χ4n) is 3.98. The first-order chi connectivity index (χ1) is 7.16. The molecule has 3 aliphatic carbocycles. The fourth-order valence-corrected chi connectivity index (χ4v) is 3.98. The molecule has 3 fully saturated rings. The lowest BCUT2D eigenvalue weighted by atomic mass is 9.65. The fraction of sp³-hybridized carbons (Fsp3) is 1.00. The summed E-state index contributed by atoms with van der Waals surface area (Å²) in [7, 11) is 0. The van der Waals surface area contributed by atoms with Crippen LogP contribution in [0.2, 0.25) is 0 Å². The van der Waals surface area contributed by atoms with Crippen molar-refractivity contribution in [3.8, 4) is 0 Å². The van der Waals surface area contributed by atoms with E-state index in [0.29, 0.717) is 0 Å². The van der Waals surface area contributed by atoms with Crippen molar-refractivity contribution in [2.75, 3.05) is 0 Å². The molecular weight excluding hydrogens is 180 g/mol. The summed E-state index contributed by atoms with van der Waals surface area (Å²) in [6.07, 6.45) is 10.6. The van der Waals surface area contributed by atoms with Crippen molar-refractivity contribution in [1.82, 2.24) is 0 Å². The van der Waals surface area contributed by atoms with Gasteiger partial charge >= 0.3 is 0 Å². The van der Waals surface area contributed by atoms with Crippen LogP contribution in [0.4, 0.5) is 0 Å². The molecule has 0 saturated heterocycles. The SMILES string of the molecule is CC1CCCC2CC(C)C(CC1)CC2C. The smallest absolute Gasteiger partial charge is 0.0386 e. The van der Waals surface area contributed by atoms with Crippen molar-refractivity contribution in [2.24, 2.45) is 29.6 Å². The van der Waals surface area contributed by atoms with E-state index in [9.17, 15) is 0 Å². The van der Waals surface area contributed by atoms with E-state index in [1.165, 1.54) is 44.9 Å². The predicted molar refractivity (Wildman–Crippen MR) is 66.8 cm³/mol. The van der Waals surface area contributed by atoms with Gasteiger partial charge in [-0.3, -0.25) is 0 Å². The van der Waals surface area contributed by atoms with Crippen molar-refractivity contribution in [3.05, 3.63) is 0 Å². The number of rotatable bonds is 0. The van der Waals surface area contributed by atoms with Gasteiger partial charge in [-0.05, 0) is 48.9 Å². The molecule has 0 N–H and O–H groups in total. The maximum absolute atomic E-state index is 2.51. The third-order valence-electron chi connectivity index (χ3n) is 5.26. The lowest BCUT2D eigenvalue weighted by molar-refractivity contribution is 0.104. The monoisotopic (exact) mass is 208 g/mol. The Kier molecular flexibility index (Phi) is 3.74. The van der Waals surface area contributed by atoms with E-state index >= 15 is 0 Å². The highest BCUT2D eigenvalue weighted by Crippen LogP contribution is 2.43. The van der Waals surface area contributed by atoms with E-state index in [2.05, 4.69) is 20.8 Å². The minimum atomic E-state index is 0.992. The molecule has 0 heteroatoms. The summed E-state index contributed by atoms with van der Waals surface area (Å²) in [4.78, 5) is 0. The van der Waals surface area contributed by atoms with Crippen molar-refractivity contribution >= 4 is 0 Å². The van der Waals surface area contributed by atoms with Gasteiger partial charge in [0.1, 0.15) is 0 Å². The maximum atomic E-state index is 2.51. The predicted octanol–water partition coefficient (Wildman–Crippen LogP) is 4.89. The van der Waals surface area contributed by atoms with Crippen LogP contribution in [0.3, 0.4) is 0 Å². The molecule has 3 aliphatic rings. The van der Waals surface area contributed by atoms with Crippen LogP contribution in [-0.4, -0.2) is 0 Å². The van der Waals surface area contributed by atoms with Crippen molar-refractivity contribution in [2.45, 2.75) is 65.7 Å². The van der Waals surface area contributed by atoms with Crippen LogP contribution in [-0.2, 0) is 0 Å². The molecule has 0 aromatic rings. The zero-order chi connectivity index (χ0) is 10.8. The topological polar surface area (TPSA) is 0 Å². The summed E-state index contributed by atoms with van der Waals surface area (Å²) in [5.74, 6) is 5.13. The molecule has 0 heterocycles. The zero-order valence-electron chi connectivity index (χ0n) is 10.8. The minimum absolute atomic E-state index is 0.992. The third-order valence-corrected chi connectivity index (χ3v) is 5.26. The van der Waals surface area contributed by atoms with Crippen molar-refractivity contribution in [3.63, 3.8) is 0 Å². The van der Waals surface area contributed by atoms with Crippen LogP contribution in [0, 0.1) is 29.6 Å². The molecule has 0 aromatic carbocycles. The molecule has 5 unspecified atom stereocenters. The van der Waals surface area contributed by atoms with Crippen LogP contribution < -0.4 is 0 Å². The first-order valence-electron chi connectivity index (χ1n) is 7.16. The van der Waals surface area contributed by atoms with Crippen LogP contribution in [0.15, 0.2) is 0 Å². The van der Waals surface area contributed by atoms with Gasteiger partial charge in [-0.25, -0.2) is 0 Å². The normalized spacial score (nSPS) is 47.8. The molecule has 0 spiro atoms. The Morgan fingerprint density at radius 3 is 1.93 bits per heavy atom. The molecule has 0 aliphatic heterocycles. The number of fused-ring (bicyclic) bond motifs is 7. The van der Waals surface area contributed by atoms with Gasteiger partial charge < -0.3 is 0 Å². The minimum Gasteiger partial charge on any atom is -0.0625 e. The molecule has 15 heavy (non-hydrogen) atoms. The summed E-state index contributed by atoms with van der Waals surface area (Å²) in [5.41, 5.74) is 0. The third kappa shape index (κ3) is 2.77. The first kappa shape index (κ1) is 11.5. The molecular formula is C15H28. The van der Waals surface area contributed by atoms with Crippen LogP contribution >= 0.6 is 0 Å². The Labute approximate surface area is 95.8 Å². The quantitative estimate of drug-likeness (QED) is 0.532.